The molecule has 1 saturated carbocycles. The Morgan fingerprint density at radius 3 is 2.72 bits per heavy atom. The molecule has 0 bridgehead atoms. The highest BCUT2D eigenvalue weighted by Gasteiger charge is 2.34. The van der Waals surface area contributed by atoms with Gasteiger partial charge < -0.3 is 5.32 Å². The van der Waals surface area contributed by atoms with Crippen molar-refractivity contribution in [1.29, 1.82) is 0 Å². The van der Waals surface area contributed by atoms with Crippen LogP contribution < -0.4 is 5.32 Å². The highest BCUT2D eigenvalue weighted by Crippen LogP contribution is 2.39. The quantitative estimate of drug-likeness (QED) is 0.763. The van der Waals surface area contributed by atoms with Gasteiger partial charge in [-0.3, -0.25) is 0 Å². The molecule has 2 heteroatoms. The van der Waals surface area contributed by atoms with Crippen molar-refractivity contribution in [3.05, 3.63) is 0 Å². The normalized spacial score (nSPS) is 34.7. The van der Waals surface area contributed by atoms with Crippen LogP contribution in [0, 0.1) is 11.8 Å². The van der Waals surface area contributed by atoms with Crippen LogP contribution in [0.3, 0.4) is 0 Å². The Labute approximate surface area is 118 Å². The van der Waals surface area contributed by atoms with Crippen LogP contribution in [0.1, 0.15) is 65.2 Å². The van der Waals surface area contributed by atoms with E-state index >= 15 is 0 Å². The predicted octanol–water partition coefficient (Wildman–Crippen LogP) is 4.47. The van der Waals surface area contributed by atoms with Gasteiger partial charge in [-0.15, -0.1) is 0 Å². The number of nitrogens with one attached hydrogen (secondary N) is 1. The minimum Gasteiger partial charge on any atom is -0.313 e. The van der Waals surface area contributed by atoms with Crippen molar-refractivity contribution in [3.8, 4) is 0 Å². The summed E-state index contributed by atoms with van der Waals surface area (Å²) in [6.07, 6.45) is 11.5. The summed E-state index contributed by atoms with van der Waals surface area (Å²) in [6.45, 7) is 5.89. The summed E-state index contributed by atoms with van der Waals surface area (Å²) in [5.74, 6) is 3.38. The van der Waals surface area contributed by atoms with Crippen molar-refractivity contribution in [1.82, 2.24) is 5.32 Å². The minimum absolute atomic E-state index is 0.812. The van der Waals surface area contributed by atoms with E-state index in [0.29, 0.717) is 0 Å². The molecule has 1 heterocycles. The molecule has 2 fully saturated rings. The summed E-state index contributed by atoms with van der Waals surface area (Å²) in [6, 6.07) is 0.812. The lowest BCUT2D eigenvalue weighted by molar-refractivity contribution is 0.204. The molecule has 0 radical (unpaired) electrons. The second kappa shape index (κ2) is 7.79. The second-order valence-electron chi connectivity index (χ2n) is 6.23. The fourth-order valence-electron chi connectivity index (χ4n) is 3.83. The fourth-order valence-corrected chi connectivity index (χ4v) is 5.32. The third kappa shape index (κ3) is 3.90. The molecule has 2 aliphatic rings. The van der Waals surface area contributed by atoms with Gasteiger partial charge in [-0.1, -0.05) is 33.1 Å². The molecule has 1 saturated heterocycles. The van der Waals surface area contributed by atoms with Crippen LogP contribution in [0.4, 0.5) is 0 Å². The van der Waals surface area contributed by atoms with Crippen LogP contribution >= 0.6 is 11.8 Å². The molecule has 4 atom stereocenters. The molecule has 2 rings (SSSR count). The largest absolute Gasteiger partial charge is 0.313 e. The molecule has 1 aliphatic carbocycles. The summed E-state index contributed by atoms with van der Waals surface area (Å²) in [7, 11) is 0. The Kier molecular flexibility index (Phi) is 6.37. The maximum Gasteiger partial charge on any atom is 0.0214 e. The van der Waals surface area contributed by atoms with Crippen LogP contribution in [0.5, 0.6) is 0 Å². The zero-order chi connectivity index (χ0) is 12.8. The third-order valence-corrected chi connectivity index (χ3v) is 6.39. The molecule has 0 aromatic heterocycles. The lowest BCUT2D eigenvalue weighted by atomic mass is 9.75. The van der Waals surface area contributed by atoms with E-state index in [1.165, 1.54) is 63.7 Å². The molecule has 1 aliphatic heterocycles. The smallest absolute Gasteiger partial charge is 0.0214 e. The minimum atomic E-state index is 0.812. The Hall–Kier alpha value is 0.310. The number of thioether (sulfide) groups is 1. The van der Waals surface area contributed by atoms with Crippen molar-refractivity contribution >= 4 is 11.8 Å². The molecule has 1 N–H and O–H groups in total. The van der Waals surface area contributed by atoms with E-state index in [4.69, 9.17) is 0 Å². The summed E-state index contributed by atoms with van der Waals surface area (Å²) < 4.78 is 0. The van der Waals surface area contributed by atoms with Crippen LogP contribution in [0.15, 0.2) is 0 Å². The van der Waals surface area contributed by atoms with Crippen molar-refractivity contribution in [2.24, 2.45) is 11.8 Å². The summed E-state index contributed by atoms with van der Waals surface area (Å²) in [5.41, 5.74) is 0. The van der Waals surface area contributed by atoms with E-state index in [0.717, 1.165) is 23.1 Å². The van der Waals surface area contributed by atoms with E-state index < -0.39 is 0 Å². The van der Waals surface area contributed by atoms with E-state index in [1.54, 1.807) is 0 Å². The molecule has 0 amide bonds. The average molecular weight is 269 g/mol. The van der Waals surface area contributed by atoms with Gasteiger partial charge in [0.25, 0.3) is 0 Å². The number of hydrogen-bond acceptors (Lipinski definition) is 2. The van der Waals surface area contributed by atoms with E-state index in [1.807, 2.05) is 0 Å². The summed E-state index contributed by atoms with van der Waals surface area (Å²) >= 11 is 2.24. The van der Waals surface area contributed by atoms with Crippen molar-refractivity contribution < 1.29 is 0 Å². The predicted molar refractivity (Wildman–Crippen MR) is 83.3 cm³/mol. The van der Waals surface area contributed by atoms with Gasteiger partial charge in [0.05, 0.1) is 0 Å². The lowest BCUT2D eigenvalue weighted by Crippen LogP contribution is -2.45. The Morgan fingerprint density at radius 2 is 2.06 bits per heavy atom. The van der Waals surface area contributed by atoms with Crippen LogP contribution in [0.2, 0.25) is 0 Å². The van der Waals surface area contributed by atoms with Crippen LogP contribution in [-0.2, 0) is 0 Å². The first kappa shape index (κ1) is 14.7. The van der Waals surface area contributed by atoms with Gasteiger partial charge in [0, 0.05) is 11.3 Å². The molecule has 1 nitrogen and oxygen atoms in total. The Morgan fingerprint density at radius 1 is 1.17 bits per heavy atom. The van der Waals surface area contributed by atoms with Crippen molar-refractivity contribution in [2.75, 3.05) is 12.3 Å². The SMILES string of the molecule is CCCNC(C1CCCC(CC)C1)C1CCCS1. The maximum absolute atomic E-state index is 3.90. The molecule has 0 aromatic rings. The monoisotopic (exact) mass is 269 g/mol. The topological polar surface area (TPSA) is 12.0 Å². The molecule has 0 spiro atoms. The second-order valence-corrected chi connectivity index (χ2v) is 7.58. The molecule has 18 heavy (non-hydrogen) atoms. The van der Waals surface area contributed by atoms with Gasteiger partial charge in [0.15, 0.2) is 0 Å². The molecule has 0 aromatic carbocycles. The maximum atomic E-state index is 3.90. The Balaban J connectivity index is 1.93. The zero-order valence-corrected chi connectivity index (χ0v) is 13.1. The molecular formula is C16H31NS. The first-order valence-electron chi connectivity index (χ1n) is 8.20. The molecule has 106 valence electrons. The summed E-state index contributed by atoms with van der Waals surface area (Å²) in [4.78, 5) is 0. The average Bonchev–Trinajstić information content (AvgIpc) is 2.93. The van der Waals surface area contributed by atoms with Crippen molar-refractivity contribution in [3.63, 3.8) is 0 Å². The number of hydrogen-bond donors (Lipinski definition) is 1. The van der Waals surface area contributed by atoms with Gasteiger partial charge in [-0.25, -0.2) is 0 Å². The standard InChI is InChI=1S/C16H31NS/c1-3-10-17-16(15-9-6-11-18-15)14-8-5-7-13(4-2)12-14/h13-17H,3-12H2,1-2H3. The van der Waals surface area contributed by atoms with Crippen LogP contribution in [0.25, 0.3) is 0 Å². The van der Waals surface area contributed by atoms with E-state index in [9.17, 15) is 0 Å². The zero-order valence-electron chi connectivity index (χ0n) is 12.3. The first-order chi connectivity index (χ1) is 8.85. The highest BCUT2D eigenvalue weighted by molar-refractivity contribution is 8.00. The van der Waals surface area contributed by atoms with Gasteiger partial charge >= 0.3 is 0 Å². The third-order valence-electron chi connectivity index (χ3n) is 4.90. The number of rotatable bonds is 6. The van der Waals surface area contributed by atoms with E-state index in [2.05, 4.69) is 30.9 Å². The van der Waals surface area contributed by atoms with Gasteiger partial charge in [-0.2, -0.15) is 11.8 Å². The van der Waals surface area contributed by atoms with Gasteiger partial charge in [0.1, 0.15) is 0 Å². The Bertz CT molecular complexity index is 225. The molecular weight excluding hydrogens is 238 g/mol. The lowest BCUT2D eigenvalue weighted by Gasteiger charge is -2.37. The van der Waals surface area contributed by atoms with Crippen molar-refractivity contribution in [2.45, 2.75) is 76.5 Å². The fraction of sp³-hybridized carbons (Fsp3) is 1.00. The van der Waals surface area contributed by atoms with Crippen LogP contribution in [-0.4, -0.2) is 23.6 Å². The first-order valence-corrected chi connectivity index (χ1v) is 9.25. The van der Waals surface area contributed by atoms with Gasteiger partial charge in [0.2, 0.25) is 0 Å². The van der Waals surface area contributed by atoms with E-state index in [-0.39, 0.29) is 0 Å². The summed E-state index contributed by atoms with van der Waals surface area (Å²) in [5, 5.41) is 4.82. The molecule has 4 unspecified atom stereocenters. The highest BCUT2D eigenvalue weighted by atomic mass is 32.2. The van der Waals surface area contributed by atoms with Gasteiger partial charge in [-0.05, 0) is 56.2 Å².